The van der Waals surface area contributed by atoms with E-state index in [0.29, 0.717) is 6.42 Å². The number of rotatable bonds is 3. The second kappa shape index (κ2) is 6.78. The molecule has 1 amide bonds. The van der Waals surface area contributed by atoms with Gasteiger partial charge in [-0.3, -0.25) is 4.79 Å². The number of amides is 1. The molecule has 0 bridgehead atoms. The van der Waals surface area contributed by atoms with Crippen LogP contribution in [0.15, 0.2) is 60.7 Å². The zero-order valence-corrected chi connectivity index (χ0v) is 13.1. The Balaban J connectivity index is 1.97. The van der Waals surface area contributed by atoms with Gasteiger partial charge in [0.25, 0.3) is 0 Å². The molecule has 0 aliphatic carbocycles. The van der Waals surface area contributed by atoms with E-state index in [4.69, 9.17) is 0 Å². The van der Waals surface area contributed by atoms with Crippen molar-refractivity contribution in [3.8, 4) is 0 Å². The first-order valence-electron chi connectivity index (χ1n) is 8.18. The van der Waals surface area contributed by atoms with Crippen LogP contribution in [0.2, 0.25) is 0 Å². The molecule has 1 aliphatic rings. The molecule has 0 spiro atoms. The first kappa shape index (κ1) is 14.8. The SMILES string of the molecule is C[C@H](c1ccccc1)N1C(=O)CCCC[C@@H]1c1ccccc1. The summed E-state index contributed by atoms with van der Waals surface area (Å²) in [4.78, 5) is 14.8. The molecule has 0 N–H and O–H groups in total. The minimum absolute atomic E-state index is 0.108. The number of carbonyl (C=O) groups is 1. The minimum atomic E-state index is 0.108. The van der Waals surface area contributed by atoms with Crippen molar-refractivity contribution >= 4 is 5.91 Å². The molecule has 1 heterocycles. The zero-order chi connectivity index (χ0) is 15.4. The molecule has 3 rings (SSSR count). The second-order valence-electron chi connectivity index (χ2n) is 6.06. The van der Waals surface area contributed by atoms with E-state index < -0.39 is 0 Å². The first-order valence-corrected chi connectivity index (χ1v) is 8.18. The van der Waals surface area contributed by atoms with Gasteiger partial charge in [0.05, 0.1) is 12.1 Å². The molecule has 2 nitrogen and oxygen atoms in total. The number of carbonyl (C=O) groups excluding carboxylic acids is 1. The average molecular weight is 293 g/mol. The number of benzene rings is 2. The topological polar surface area (TPSA) is 20.3 Å². The minimum Gasteiger partial charge on any atom is -0.329 e. The van der Waals surface area contributed by atoms with Crippen LogP contribution in [0.3, 0.4) is 0 Å². The molecule has 0 unspecified atom stereocenters. The van der Waals surface area contributed by atoms with Crippen LogP contribution in [0.5, 0.6) is 0 Å². The Morgan fingerprint density at radius 2 is 1.59 bits per heavy atom. The lowest BCUT2D eigenvalue weighted by Crippen LogP contribution is -2.35. The van der Waals surface area contributed by atoms with Crippen molar-refractivity contribution in [2.75, 3.05) is 0 Å². The summed E-state index contributed by atoms with van der Waals surface area (Å²) in [6.45, 7) is 2.15. The van der Waals surface area contributed by atoms with Crippen LogP contribution < -0.4 is 0 Å². The van der Waals surface area contributed by atoms with Crippen molar-refractivity contribution in [1.82, 2.24) is 4.90 Å². The smallest absolute Gasteiger partial charge is 0.223 e. The summed E-state index contributed by atoms with van der Waals surface area (Å²) in [5, 5.41) is 0. The maximum absolute atomic E-state index is 12.7. The fourth-order valence-corrected chi connectivity index (χ4v) is 3.44. The Morgan fingerprint density at radius 3 is 2.27 bits per heavy atom. The van der Waals surface area contributed by atoms with Gasteiger partial charge in [0, 0.05) is 6.42 Å². The van der Waals surface area contributed by atoms with Crippen LogP contribution in [0.25, 0.3) is 0 Å². The van der Waals surface area contributed by atoms with Gasteiger partial charge >= 0.3 is 0 Å². The van der Waals surface area contributed by atoms with Crippen molar-refractivity contribution < 1.29 is 4.79 Å². The van der Waals surface area contributed by atoms with E-state index in [1.165, 1.54) is 11.1 Å². The molecule has 0 saturated carbocycles. The van der Waals surface area contributed by atoms with Crippen LogP contribution in [0, 0.1) is 0 Å². The summed E-state index contributed by atoms with van der Waals surface area (Å²) in [6.07, 6.45) is 3.83. The molecular formula is C20H23NO. The molecule has 0 aromatic heterocycles. The van der Waals surface area contributed by atoms with Crippen LogP contribution in [0.4, 0.5) is 0 Å². The zero-order valence-electron chi connectivity index (χ0n) is 13.1. The number of hydrogen-bond donors (Lipinski definition) is 0. The highest BCUT2D eigenvalue weighted by Gasteiger charge is 2.31. The van der Waals surface area contributed by atoms with Crippen LogP contribution in [-0.2, 0) is 4.79 Å². The number of likely N-dealkylation sites (tertiary alicyclic amines) is 1. The van der Waals surface area contributed by atoms with Gasteiger partial charge in [-0.1, -0.05) is 67.1 Å². The lowest BCUT2D eigenvalue weighted by atomic mass is 9.97. The van der Waals surface area contributed by atoms with Gasteiger partial charge in [-0.25, -0.2) is 0 Å². The van der Waals surface area contributed by atoms with E-state index in [2.05, 4.69) is 48.2 Å². The fourth-order valence-electron chi connectivity index (χ4n) is 3.44. The highest BCUT2D eigenvalue weighted by molar-refractivity contribution is 5.77. The van der Waals surface area contributed by atoms with Gasteiger partial charge in [0.1, 0.15) is 0 Å². The van der Waals surface area contributed by atoms with Crippen LogP contribution in [0.1, 0.15) is 55.8 Å². The fraction of sp³-hybridized carbons (Fsp3) is 0.350. The normalized spacial score (nSPS) is 20.5. The van der Waals surface area contributed by atoms with Crippen molar-refractivity contribution in [3.05, 3.63) is 71.8 Å². The number of hydrogen-bond acceptors (Lipinski definition) is 1. The van der Waals surface area contributed by atoms with Gasteiger partial charge in [-0.2, -0.15) is 0 Å². The molecule has 2 atom stereocenters. The summed E-state index contributed by atoms with van der Waals surface area (Å²) in [5.41, 5.74) is 2.46. The predicted molar refractivity (Wildman–Crippen MR) is 89.4 cm³/mol. The van der Waals surface area contributed by atoms with E-state index in [0.717, 1.165) is 19.3 Å². The molecule has 2 aromatic rings. The van der Waals surface area contributed by atoms with Gasteiger partial charge in [-0.05, 0) is 30.9 Å². The Hall–Kier alpha value is -2.09. The van der Waals surface area contributed by atoms with Crippen molar-refractivity contribution in [2.24, 2.45) is 0 Å². The van der Waals surface area contributed by atoms with Crippen molar-refractivity contribution in [2.45, 2.75) is 44.7 Å². The van der Waals surface area contributed by atoms with E-state index in [1.54, 1.807) is 0 Å². The summed E-state index contributed by atoms with van der Waals surface area (Å²) >= 11 is 0. The predicted octanol–water partition coefficient (Wildman–Crippen LogP) is 4.89. The summed E-state index contributed by atoms with van der Waals surface area (Å²) in [6, 6.07) is 21.1. The van der Waals surface area contributed by atoms with Gasteiger partial charge < -0.3 is 4.90 Å². The van der Waals surface area contributed by atoms with E-state index >= 15 is 0 Å². The van der Waals surface area contributed by atoms with E-state index in [1.807, 2.05) is 24.3 Å². The monoisotopic (exact) mass is 293 g/mol. The lowest BCUT2D eigenvalue weighted by Gasteiger charge is -2.36. The summed E-state index contributed by atoms with van der Waals surface area (Å²) in [5.74, 6) is 0.280. The largest absolute Gasteiger partial charge is 0.329 e. The highest BCUT2D eigenvalue weighted by Crippen LogP contribution is 2.37. The molecule has 1 fully saturated rings. The molecule has 1 aliphatic heterocycles. The molecule has 22 heavy (non-hydrogen) atoms. The summed E-state index contributed by atoms with van der Waals surface area (Å²) in [7, 11) is 0. The van der Waals surface area contributed by atoms with Crippen LogP contribution >= 0.6 is 0 Å². The van der Waals surface area contributed by atoms with E-state index in [9.17, 15) is 4.79 Å². The maximum atomic E-state index is 12.7. The third-order valence-corrected chi connectivity index (χ3v) is 4.63. The summed E-state index contributed by atoms with van der Waals surface area (Å²) < 4.78 is 0. The standard InChI is InChI=1S/C20H23NO/c1-16(17-10-4-2-5-11-17)21-19(14-8-9-15-20(21)22)18-12-6-3-7-13-18/h2-7,10-13,16,19H,8-9,14-15H2,1H3/t16-,19-/m1/s1. The third kappa shape index (κ3) is 3.06. The van der Waals surface area contributed by atoms with E-state index in [-0.39, 0.29) is 18.0 Å². The Labute approximate surface area is 132 Å². The molecule has 114 valence electrons. The molecule has 1 saturated heterocycles. The molecule has 2 aromatic carbocycles. The Bertz CT molecular complexity index is 608. The van der Waals surface area contributed by atoms with Gasteiger partial charge in [0.15, 0.2) is 0 Å². The van der Waals surface area contributed by atoms with Crippen LogP contribution in [-0.4, -0.2) is 10.8 Å². The lowest BCUT2D eigenvalue weighted by molar-refractivity contribution is -0.135. The average Bonchev–Trinajstić information content (AvgIpc) is 2.77. The molecule has 2 heteroatoms. The Morgan fingerprint density at radius 1 is 0.955 bits per heavy atom. The second-order valence-corrected chi connectivity index (χ2v) is 6.06. The molecule has 0 radical (unpaired) electrons. The third-order valence-electron chi connectivity index (χ3n) is 4.63. The highest BCUT2D eigenvalue weighted by atomic mass is 16.2. The quantitative estimate of drug-likeness (QED) is 0.789. The molecular weight excluding hydrogens is 270 g/mol. The van der Waals surface area contributed by atoms with Crippen molar-refractivity contribution in [3.63, 3.8) is 0 Å². The van der Waals surface area contributed by atoms with Crippen molar-refractivity contribution in [1.29, 1.82) is 0 Å². The van der Waals surface area contributed by atoms with Gasteiger partial charge in [0.2, 0.25) is 5.91 Å². The first-order chi connectivity index (χ1) is 10.8. The van der Waals surface area contributed by atoms with Gasteiger partial charge in [-0.15, -0.1) is 0 Å². The number of nitrogens with zero attached hydrogens (tertiary/aromatic N) is 1. The maximum Gasteiger partial charge on any atom is 0.223 e. The Kier molecular flexibility index (Phi) is 4.57.